The van der Waals surface area contributed by atoms with Gasteiger partial charge in [0.2, 0.25) is 5.91 Å². The van der Waals surface area contributed by atoms with Gasteiger partial charge in [-0.1, -0.05) is 15.9 Å². The number of hydrogen-bond acceptors (Lipinski definition) is 3. The zero-order valence-electron chi connectivity index (χ0n) is 10.8. The largest absolute Gasteiger partial charge is 0.368 e. The highest BCUT2D eigenvalue weighted by Crippen LogP contribution is 2.20. The van der Waals surface area contributed by atoms with Crippen molar-refractivity contribution in [3.05, 3.63) is 28.7 Å². The first-order chi connectivity index (χ1) is 9.13. The molecule has 5 heteroatoms. The monoisotopic (exact) mass is 326 g/mol. The lowest BCUT2D eigenvalue weighted by Crippen LogP contribution is -2.32. The van der Waals surface area contributed by atoms with Gasteiger partial charge >= 0.3 is 0 Å². The Kier molecular flexibility index (Phi) is 5.36. The second kappa shape index (κ2) is 7.03. The Bertz CT molecular complexity index is 414. The van der Waals surface area contributed by atoms with E-state index in [1.165, 1.54) is 0 Å². The number of hydrogen-bond donors (Lipinski definition) is 2. The third-order valence-corrected chi connectivity index (χ3v) is 3.83. The van der Waals surface area contributed by atoms with Crippen molar-refractivity contribution in [2.24, 2.45) is 5.73 Å². The molecule has 3 N–H and O–H groups in total. The smallest absolute Gasteiger partial charge is 0.250 e. The van der Waals surface area contributed by atoms with E-state index >= 15 is 0 Å². The minimum Gasteiger partial charge on any atom is -0.368 e. The number of carbonyl (C=O) groups excluding carboxylic acids is 1. The number of halogens is 1. The van der Waals surface area contributed by atoms with Crippen LogP contribution in [0.15, 0.2) is 28.7 Å². The van der Waals surface area contributed by atoms with Crippen molar-refractivity contribution >= 4 is 27.5 Å². The average Bonchev–Trinajstić information content (AvgIpc) is 2.41. The number of amides is 1. The van der Waals surface area contributed by atoms with Gasteiger partial charge in [0, 0.05) is 16.2 Å². The van der Waals surface area contributed by atoms with Crippen molar-refractivity contribution in [2.45, 2.75) is 37.8 Å². The highest BCUT2D eigenvalue weighted by atomic mass is 79.9. The van der Waals surface area contributed by atoms with Crippen LogP contribution in [-0.4, -0.2) is 24.7 Å². The average molecular weight is 327 g/mol. The summed E-state index contributed by atoms with van der Waals surface area (Å²) in [5.74, 6) is -0.114. The minimum absolute atomic E-state index is 0.107. The maximum absolute atomic E-state index is 11.7. The molecule has 0 saturated heterocycles. The molecule has 104 valence electrons. The molecular weight excluding hydrogens is 308 g/mol. The standard InChI is InChI=1S/C14H19BrN2O2/c15-10-1-5-12(6-2-10)17-14(18)9-19-13-7-3-11(16)4-8-13/h1-2,5-6,11,13H,3-4,7-9,16H2,(H,17,18). The van der Waals surface area contributed by atoms with E-state index in [0.717, 1.165) is 35.8 Å². The second-order valence-electron chi connectivity index (χ2n) is 4.90. The molecule has 1 saturated carbocycles. The predicted octanol–water partition coefficient (Wildman–Crippen LogP) is 2.67. The molecular formula is C14H19BrN2O2. The Hall–Kier alpha value is -0.910. The van der Waals surface area contributed by atoms with E-state index in [1.807, 2.05) is 24.3 Å². The molecule has 4 nitrogen and oxygen atoms in total. The summed E-state index contributed by atoms with van der Waals surface area (Å²) in [5.41, 5.74) is 6.61. The zero-order valence-corrected chi connectivity index (χ0v) is 12.4. The normalized spacial score (nSPS) is 23.1. The van der Waals surface area contributed by atoms with Gasteiger partial charge in [0.15, 0.2) is 0 Å². The molecule has 2 rings (SSSR count). The van der Waals surface area contributed by atoms with Crippen molar-refractivity contribution in [3.63, 3.8) is 0 Å². The third-order valence-electron chi connectivity index (χ3n) is 3.30. The fourth-order valence-electron chi connectivity index (χ4n) is 2.18. The van der Waals surface area contributed by atoms with Gasteiger partial charge in [-0.3, -0.25) is 4.79 Å². The van der Waals surface area contributed by atoms with Crippen molar-refractivity contribution < 1.29 is 9.53 Å². The highest BCUT2D eigenvalue weighted by Gasteiger charge is 2.19. The summed E-state index contributed by atoms with van der Waals surface area (Å²) >= 11 is 3.35. The van der Waals surface area contributed by atoms with Gasteiger partial charge in [-0.05, 0) is 49.9 Å². The fraction of sp³-hybridized carbons (Fsp3) is 0.500. The number of carbonyl (C=O) groups is 1. The van der Waals surface area contributed by atoms with Gasteiger partial charge in [-0.15, -0.1) is 0 Å². The van der Waals surface area contributed by atoms with E-state index in [-0.39, 0.29) is 18.6 Å². The van der Waals surface area contributed by atoms with Crippen LogP contribution < -0.4 is 11.1 Å². The Morgan fingerprint density at radius 2 is 1.89 bits per heavy atom. The SMILES string of the molecule is NC1CCC(OCC(=O)Nc2ccc(Br)cc2)CC1. The first-order valence-electron chi connectivity index (χ1n) is 6.56. The van der Waals surface area contributed by atoms with Gasteiger partial charge in [0.05, 0.1) is 6.10 Å². The number of rotatable bonds is 4. The van der Waals surface area contributed by atoms with Crippen LogP contribution in [0, 0.1) is 0 Å². The second-order valence-corrected chi connectivity index (χ2v) is 5.82. The van der Waals surface area contributed by atoms with Gasteiger partial charge < -0.3 is 15.8 Å². The van der Waals surface area contributed by atoms with E-state index < -0.39 is 0 Å². The first kappa shape index (κ1) is 14.5. The number of nitrogens with two attached hydrogens (primary N) is 1. The van der Waals surface area contributed by atoms with Crippen LogP contribution in [-0.2, 0) is 9.53 Å². The Morgan fingerprint density at radius 3 is 2.53 bits per heavy atom. The Balaban J connectivity index is 1.71. The summed E-state index contributed by atoms with van der Waals surface area (Å²) in [6.07, 6.45) is 4.05. The van der Waals surface area contributed by atoms with Crippen LogP contribution in [0.25, 0.3) is 0 Å². The molecule has 1 amide bonds. The van der Waals surface area contributed by atoms with Crippen LogP contribution >= 0.6 is 15.9 Å². The lowest BCUT2D eigenvalue weighted by molar-refractivity contribution is -0.123. The van der Waals surface area contributed by atoms with Crippen molar-refractivity contribution in [3.8, 4) is 0 Å². The molecule has 1 aromatic rings. The quantitative estimate of drug-likeness (QED) is 0.894. The summed E-state index contributed by atoms with van der Waals surface area (Å²) < 4.78 is 6.60. The summed E-state index contributed by atoms with van der Waals surface area (Å²) in [6, 6.07) is 7.78. The maximum atomic E-state index is 11.7. The van der Waals surface area contributed by atoms with Crippen molar-refractivity contribution in [1.29, 1.82) is 0 Å². The molecule has 0 spiro atoms. The number of ether oxygens (including phenoxy) is 1. The molecule has 0 aliphatic heterocycles. The summed E-state index contributed by atoms with van der Waals surface area (Å²) in [6.45, 7) is 0.107. The Morgan fingerprint density at radius 1 is 1.26 bits per heavy atom. The Labute approximate surface area is 121 Å². The highest BCUT2D eigenvalue weighted by molar-refractivity contribution is 9.10. The summed E-state index contributed by atoms with van der Waals surface area (Å²) in [4.78, 5) is 11.7. The molecule has 0 aromatic heterocycles. The topological polar surface area (TPSA) is 64.3 Å². The van der Waals surface area contributed by atoms with E-state index in [2.05, 4.69) is 21.2 Å². The maximum Gasteiger partial charge on any atom is 0.250 e. The molecule has 0 unspecified atom stereocenters. The summed E-state index contributed by atoms with van der Waals surface area (Å²) in [7, 11) is 0. The van der Waals surface area contributed by atoms with E-state index in [9.17, 15) is 4.79 Å². The van der Waals surface area contributed by atoms with Crippen LogP contribution in [0.2, 0.25) is 0 Å². The number of anilines is 1. The van der Waals surface area contributed by atoms with E-state index in [1.54, 1.807) is 0 Å². The molecule has 1 aliphatic carbocycles. The first-order valence-corrected chi connectivity index (χ1v) is 7.35. The lowest BCUT2D eigenvalue weighted by Gasteiger charge is -2.25. The molecule has 1 aliphatic rings. The van der Waals surface area contributed by atoms with Gasteiger partial charge in [-0.25, -0.2) is 0 Å². The fourth-order valence-corrected chi connectivity index (χ4v) is 2.44. The van der Waals surface area contributed by atoms with Crippen molar-refractivity contribution in [2.75, 3.05) is 11.9 Å². The molecule has 19 heavy (non-hydrogen) atoms. The van der Waals surface area contributed by atoms with E-state index in [0.29, 0.717) is 6.04 Å². The number of nitrogens with one attached hydrogen (secondary N) is 1. The van der Waals surface area contributed by atoms with Crippen LogP contribution in [0.1, 0.15) is 25.7 Å². The molecule has 0 atom stereocenters. The molecule has 1 aromatic carbocycles. The predicted molar refractivity (Wildman–Crippen MR) is 79.0 cm³/mol. The van der Waals surface area contributed by atoms with Gasteiger partial charge in [0.1, 0.15) is 6.61 Å². The molecule has 0 radical (unpaired) electrons. The zero-order chi connectivity index (χ0) is 13.7. The molecule has 0 bridgehead atoms. The summed E-state index contributed by atoms with van der Waals surface area (Å²) in [5, 5.41) is 2.81. The third kappa shape index (κ3) is 4.93. The minimum atomic E-state index is -0.114. The van der Waals surface area contributed by atoms with Gasteiger partial charge in [0.25, 0.3) is 0 Å². The number of benzene rings is 1. The van der Waals surface area contributed by atoms with Crippen LogP contribution in [0.5, 0.6) is 0 Å². The van der Waals surface area contributed by atoms with E-state index in [4.69, 9.17) is 10.5 Å². The van der Waals surface area contributed by atoms with Crippen LogP contribution in [0.3, 0.4) is 0 Å². The lowest BCUT2D eigenvalue weighted by atomic mass is 9.94. The molecule has 0 heterocycles. The van der Waals surface area contributed by atoms with Gasteiger partial charge in [-0.2, -0.15) is 0 Å². The molecule has 1 fully saturated rings. The van der Waals surface area contributed by atoms with Crippen molar-refractivity contribution in [1.82, 2.24) is 0 Å². The van der Waals surface area contributed by atoms with Crippen LogP contribution in [0.4, 0.5) is 5.69 Å².